The van der Waals surface area contributed by atoms with Crippen LogP contribution in [0.2, 0.25) is 0 Å². The minimum Gasteiger partial charge on any atom is -0.388 e. The van der Waals surface area contributed by atoms with Crippen LogP contribution < -0.4 is 0 Å². The molecule has 0 saturated carbocycles. The van der Waals surface area contributed by atoms with Gasteiger partial charge in [-0.25, -0.2) is 0 Å². The van der Waals surface area contributed by atoms with Crippen molar-refractivity contribution in [1.29, 1.82) is 0 Å². The van der Waals surface area contributed by atoms with Crippen molar-refractivity contribution in [3.8, 4) is 0 Å². The predicted octanol–water partition coefficient (Wildman–Crippen LogP) is 3.79. The van der Waals surface area contributed by atoms with Crippen LogP contribution in [0.5, 0.6) is 0 Å². The number of rotatable bonds is 3. The molecule has 0 aromatic carbocycles. The monoisotopic (exact) mass is 409 g/mol. The molecule has 0 aliphatic heterocycles. The lowest BCUT2D eigenvalue weighted by molar-refractivity contribution is 0.179. The molecule has 2 aromatic rings. The van der Waals surface area contributed by atoms with Crippen molar-refractivity contribution in [1.82, 2.24) is 4.98 Å². The van der Waals surface area contributed by atoms with Crippen LogP contribution in [0.15, 0.2) is 34.4 Å². The lowest BCUT2D eigenvalue weighted by Gasteiger charge is -2.08. The fourth-order valence-electron chi connectivity index (χ4n) is 1.41. The van der Waals surface area contributed by atoms with E-state index in [0.29, 0.717) is 6.42 Å². The molecule has 0 saturated heterocycles. The molecule has 0 bridgehead atoms. The quantitative estimate of drug-likeness (QED) is 0.782. The van der Waals surface area contributed by atoms with E-state index in [1.165, 1.54) is 2.88 Å². The van der Waals surface area contributed by atoms with Crippen molar-refractivity contribution < 1.29 is 5.11 Å². The molecule has 84 valence electrons. The van der Waals surface area contributed by atoms with Gasteiger partial charge in [-0.2, -0.15) is 0 Å². The Bertz CT molecular complexity index is 488. The number of nitrogens with zero attached hydrogens (tertiary/aromatic N) is 1. The largest absolute Gasteiger partial charge is 0.388 e. The maximum Gasteiger partial charge on any atom is 0.0839 e. The molecule has 2 nitrogen and oxygen atoms in total. The molecule has 2 aromatic heterocycles. The summed E-state index contributed by atoms with van der Waals surface area (Å²) < 4.78 is 2.14. The minimum atomic E-state index is -0.448. The van der Waals surface area contributed by atoms with Gasteiger partial charge in [0.2, 0.25) is 0 Å². The van der Waals surface area contributed by atoms with Gasteiger partial charge in [0, 0.05) is 23.3 Å². The second-order valence-electron chi connectivity index (χ2n) is 3.42. The minimum absolute atomic E-state index is 0.448. The number of hydrogen-bond acceptors (Lipinski definition) is 3. The Hall–Kier alpha value is 0.0200. The van der Waals surface area contributed by atoms with E-state index >= 15 is 0 Å². The second-order valence-corrected chi connectivity index (χ2v) is 7.14. The molecule has 0 amide bonds. The summed E-state index contributed by atoms with van der Waals surface area (Å²) in [5.74, 6) is 0. The molecule has 2 heterocycles. The molecule has 5 heteroatoms. The van der Waals surface area contributed by atoms with Gasteiger partial charge in [-0.05, 0) is 67.2 Å². The predicted molar refractivity (Wildman–Crippen MR) is 77.6 cm³/mol. The summed E-state index contributed by atoms with van der Waals surface area (Å²) in [7, 11) is 0. The zero-order valence-corrected chi connectivity index (χ0v) is 12.8. The molecule has 0 radical (unpaired) electrons. The van der Waals surface area contributed by atoms with Crippen molar-refractivity contribution in [3.63, 3.8) is 0 Å². The first-order chi connectivity index (χ1) is 7.65. The molecule has 16 heavy (non-hydrogen) atoms. The van der Waals surface area contributed by atoms with Crippen molar-refractivity contribution in [2.75, 3.05) is 0 Å². The third-order valence-corrected chi connectivity index (χ3v) is 4.40. The van der Waals surface area contributed by atoms with Crippen LogP contribution in [-0.2, 0) is 6.42 Å². The lowest BCUT2D eigenvalue weighted by atomic mass is 10.1. The van der Waals surface area contributed by atoms with Gasteiger partial charge in [0.15, 0.2) is 0 Å². The van der Waals surface area contributed by atoms with Gasteiger partial charge >= 0.3 is 0 Å². The Labute approximate surface area is 120 Å². The molecule has 1 unspecified atom stereocenters. The number of pyridine rings is 1. The number of aromatic nitrogens is 1. The average Bonchev–Trinajstić information content (AvgIpc) is 2.65. The van der Waals surface area contributed by atoms with Crippen LogP contribution in [0.25, 0.3) is 0 Å². The first-order valence-corrected chi connectivity index (χ1v) is 7.41. The Morgan fingerprint density at radius 1 is 1.44 bits per heavy atom. The van der Waals surface area contributed by atoms with Crippen molar-refractivity contribution in [2.45, 2.75) is 12.5 Å². The van der Waals surface area contributed by atoms with E-state index in [1.807, 2.05) is 17.5 Å². The van der Waals surface area contributed by atoms with Crippen LogP contribution in [0, 0.1) is 2.88 Å². The number of hydrogen-bond donors (Lipinski definition) is 1. The fourth-order valence-corrected chi connectivity index (χ4v) is 3.24. The summed E-state index contributed by atoms with van der Waals surface area (Å²) in [6.45, 7) is 0. The number of aliphatic hydroxyl groups excluding tert-OH is 1. The maximum atomic E-state index is 10.0. The standard InChI is InChI=1S/C11H9BrINOS/c12-9-1-7(4-14-5-9)2-10(15)8-3-11(13)16-6-8/h1,3-6,10,15H,2H2. The Morgan fingerprint density at radius 2 is 2.25 bits per heavy atom. The van der Waals surface area contributed by atoms with Crippen molar-refractivity contribution >= 4 is 49.9 Å². The van der Waals surface area contributed by atoms with Gasteiger partial charge in [0.25, 0.3) is 0 Å². The van der Waals surface area contributed by atoms with Gasteiger partial charge in [-0.1, -0.05) is 0 Å². The summed E-state index contributed by atoms with van der Waals surface area (Å²) in [5.41, 5.74) is 2.01. The lowest BCUT2D eigenvalue weighted by Crippen LogP contribution is -2.00. The molecule has 0 aliphatic carbocycles. The molecular formula is C11H9BrINOS. The summed E-state index contributed by atoms with van der Waals surface area (Å²) >= 11 is 7.28. The molecule has 1 N–H and O–H groups in total. The Morgan fingerprint density at radius 3 is 2.88 bits per heavy atom. The first-order valence-electron chi connectivity index (χ1n) is 4.66. The molecule has 0 spiro atoms. The Balaban J connectivity index is 2.10. The highest BCUT2D eigenvalue weighted by atomic mass is 127. The van der Waals surface area contributed by atoms with Crippen LogP contribution in [0.4, 0.5) is 0 Å². The third-order valence-electron chi connectivity index (χ3n) is 2.16. The fraction of sp³-hybridized carbons (Fsp3) is 0.182. The molecule has 1 atom stereocenters. The van der Waals surface area contributed by atoms with Crippen LogP contribution in [-0.4, -0.2) is 10.1 Å². The molecular weight excluding hydrogens is 401 g/mol. The van der Waals surface area contributed by atoms with E-state index in [1.54, 1.807) is 23.7 Å². The van der Waals surface area contributed by atoms with E-state index in [0.717, 1.165) is 15.6 Å². The number of thiophene rings is 1. The average molecular weight is 410 g/mol. The van der Waals surface area contributed by atoms with Gasteiger partial charge in [0.1, 0.15) is 0 Å². The van der Waals surface area contributed by atoms with Crippen molar-refractivity contribution in [2.24, 2.45) is 0 Å². The van der Waals surface area contributed by atoms with E-state index in [9.17, 15) is 5.11 Å². The zero-order chi connectivity index (χ0) is 11.5. The van der Waals surface area contributed by atoms with Gasteiger partial charge in [-0.15, -0.1) is 11.3 Å². The van der Waals surface area contributed by atoms with Crippen LogP contribution in [0.3, 0.4) is 0 Å². The van der Waals surface area contributed by atoms with Gasteiger partial charge in [0.05, 0.1) is 8.99 Å². The zero-order valence-electron chi connectivity index (χ0n) is 8.23. The summed E-state index contributed by atoms with van der Waals surface area (Å²) in [4.78, 5) is 4.08. The molecule has 0 fully saturated rings. The normalized spacial score (nSPS) is 12.7. The first kappa shape index (κ1) is 12.5. The second kappa shape index (κ2) is 5.57. The van der Waals surface area contributed by atoms with E-state index in [2.05, 4.69) is 43.5 Å². The Kier molecular flexibility index (Phi) is 4.34. The SMILES string of the molecule is OC(Cc1cncc(Br)c1)c1csc(I)c1. The van der Waals surface area contributed by atoms with Gasteiger partial charge < -0.3 is 5.11 Å². The van der Waals surface area contributed by atoms with Crippen LogP contribution >= 0.6 is 49.9 Å². The van der Waals surface area contributed by atoms with E-state index in [4.69, 9.17) is 0 Å². The van der Waals surface area contributed by atoms with E-state index in [-0.39, 0.29) is 0 Å². The third kappa shape index (κ3) is 3.26. The maximum absolute atomic E-state index is 10.0. The smallest absolute Gasteiger partial charge is 0.0839 e. The van der Waals surface area contributed by atoms with Crippen molar-refractivity contribution in [3.05, 3.63) is 48.4 Å². The van der Waals surface area contributed by atoms with Gasteiger partial charge in [-0.3, -0.25) is 4.98 Å². The summed E-state index contributed by atoms with van der Waals surface area (Å²) in [5, 5.41) is 12.0. The number of halogens is 2. The molecule has 0 aliphatic rings. The number of aliphatic hydroxyl groups is 1. The topological polar surface area (TPSA) is 33.1 Å². The highest BCUT2D eigenvalue weighted by molar-refractivity contribution is 14.1. The highest BCUT2D eigenvalue weighted by Crippen LogP contribution is 2.25. The molecule has 2 rings (SSSR count). The highest BCUT2D eigenvalue weighted by Gasteiger charge is 2.10. The van der Waals surface area contributed by atoms with E-state index < -0.39 is 6.10 Å². The summed E-state index contributed by atoms with van der Waals surface area (Å²) in [6, 6.07) is 3.99. The summed E-state index contributed by atoms with van der Waals surface area (Å²) in [6.07, 6.45) is 3.67. The van der Waals surface area contributed by atoms with Crippen LogP contribution in [0.1, 0.15) is 17.2 Å².